The van der Waals surface area contributed by atoms with Crippen LogP contribution in [0.3, 0.4) is 0 Å². The molecule has 0 N–H and O–H groups in total. The molecule has 2 aliphatic rings. The number of amides is 1. The topological polar surface area (TPSA) is 63.5 Å². The number of carbonyl (C=O) groups excluding carboxylic acids is 1. The van der Waals surface area contributed by atoms with E-state index in [1.807, 2.05) is 4.90 Å². The summed E-state index contributed by atoms with van der Waals surface area (Å²) < 4.78 is 8.32. The molecule has 1 fully saturated rings. The minimum Gasteiger partial charge on any atom is -0.485 e. The van der Waals surface area contributed by atoms with Crippen molar-refractivity contribution in [1.29, 1.82) is 0 Å². The number of aryl methyl sites for hydroxylation is 2. The molecule has 1 amide bonds. The second kappa shape index (κ2) is 7.91. The van der Waals surface area contributed by atoms with E-state index in [4.69, 9.17) is 4.74 Å². The Hall–Kier alpha value is -2.41. The summed E-state index contributed by atoms with van der Waals surface area (Å²) in [6.45, 7) is 9.17. The molecular formula is C21H29N5O2. The molecule has 0 aliphatic carbocycles. The van der Waals surface area contributed by atoms with Crippen LogP contribution in [0.25, 0.3) is 0 Å². The highest BCUT2D eigenvalue weighted by atomic mass is 16.5. The van der Waals surface area contributed by atoms with Crippen molar-refractivity contribution in [2.45, 2.75) is 51.8 Å². The number of piperidine rings is 1. The van der Waals surface area contributed by atoms with Crippen LogP contribution in [0, 0.1) is 6.92 Å². The second-order valence-electron chi connectivity index (χ2n) is 7.99. The lowest BCUT2D eigenvalue weighted by Gasteiger charge is -2.42. The summed E-state index contributed by atoms with van der Waals surface area (Å²) in [5.74, 6) is 1.08. The molecule has 1 aromatic heterocycles. The molecule has 4 rings (SSSR count). The highest BCUT2D eigenvalue weighted by molar-refractivity contribution is 5.76. The number of benzene rings is 1. The maximum Gasteiger partial charge on any atom is 0.224 e. The SMILES string of the molecule is CCN1CCC2(CC1)CN(C(=O)CCn1cncn1)Cc1cc(C)ccc1O2. The van der Waals surface area contributed by atoms with Gasteiger partial charge in [-0.3, -0.25) is 9.48 Å². The van der Waals surface area contributed by atoms with E-state index >= 15 is 0 Å². The molecule has 1 spiro atoms. The molecule has 0 unspecified atom stereocenters. The van der Waals surface area contributed by atoms with Crippen molar-refractivity contribution in [2.24, 2.45) is 0 Å². The number of likely N-dealkylation sites (tertiary alicyclic amines) is 1. The van der Waals surface area contributed by atoms with Gasteiger partial charge in [-0.15, -0.1) is 0 Å². The quantitative estimate of drug-likeness (QED) is 0.810. The minimum atomic E-state index is -0.297. The summed E-state index contributed by atoms with van der Waals surface area (Å²) >= 11 is 0. The van der Waals surface area contributed by atoms with Crippen molar-refractivity contribution < 1.29 is 9.53 Å². The molecule has 7 heteroatoms. The lowest BCUT2D eigenvalue weighted by Crippen LogP contribution is -2.54. The lowest BCUT2D eigenvalue weighted by molar-refractivity contribution is -0.135. The molecule has 2 aliphatic heterocycles. The Kier molecular flexibility index (Phi) is 5.35. The molecule has 1 aromatic carbocycles. The third kappa shape index (κ3) is 4.04. The summed E-state index contributed by atoms with van der Waals surface area (Å²) in [6, 6.07) is 6.31. The third-order valence-corrected chi connectivity index (χ3v) is 5.97. The number of hydrogen-bond acceptors (Lipinski definition) is 5. The van der Waals surface area contributed by atoms with E-state index < -0.39 is 0 Å². The molecule has 1 saturated heterocycles. The van der Waals surface area contributed by atoms with Gasteiger partial charge in [0.15, 0.2) is 0 Å². The van der Waals surface area contributed by atoms with E-state index in [9.17, 15) is 4.79 Å². The molecule has 0 radical (unpaired) electrons. The normalized spacial score (nSPS) is 19.1. The molecular weight excluding hydrogens is 354 g/mol. The van der Waals surface area contributed by atoms with Gasteiger partial charge in [0, 0.05) is 44.5 Å². The molecule has 7 nitrogen and oxygen atoms in total. The van der Waals surface area contributed by atoms with Gasteiger partial charge in [0.25, 0.3) is 0 Å². The predicted molar refractivity (Wildman–Crippen MR) is 106 cm³/mol. The van der Waals surface area contributed by atoms with Gasteiger partial charge >= 0.3 is 0 Å². The van der Waals surface area contributed by atoms with Gasteiger partial charge in [-0.1, -0.05) is 24.6 Å². The van der Waals surface area contributed by atoms with Gasteiger partial charge in [0.2, 0.25) is 5.91 Å². The first kappa shape index (κ1) is 18.9. The van der Waals surface area contributed by atoms with Crippen molar-refractivity contribution in [2.75, 3.05) is 26.2 Å². The van der Waals surface area contributed by atoms with E-state index in [1.165, 1.54) is 11.9 Å². The number of rotatable bonds is 4. The van der Waals surface area contributed by atoms with Crippen LogP contribution in [0.1, 0.15) is 37.3 Å². The fraction of sp³-hybridized carbons (Fsp3) is 0.571. The van der Waals surface area contributed by atoms with E-state index in [-0.39, 0.29) is 11.5 Å². The Morgan fingerprint density at radius 3 is 2.82 bits per heavy atom. The number of fused-ring (bicyclic) bond motifs is 1. The first-order valence-electron chi connectivity index (χ1n) is 10.2. The standard InChI is InChI=1S/C21H29N5O2/c1-3-24-10-7-21(8-11-24)14-25(20(27)6-9-26-16-22-15-23-26)13-18-12-17(2)4-5-19(18)28-21/h4-5,12,15-16H,3,6-11,13-14H2,1-2H3. The second-order valence-corrected chi connectivity index (χ2v) is 7.99. The van der Waals surface area contributed by atoms with Crippen LogP contribution in [0.2, 0.25) is 0 Å². The Bertz CT molecular complexity index is 812. The first-order chi connectivity index (χ1) is 13.6. The molecule has 0 atom stereocenters. The lowest BCUT2D eigenvalue weighted by atomic mass is 9.90. The van der Waals surface area contributed by atoms with Crippen molar-refractivity contribution in [3.05, 3.63) is 42.0 Å². The van der Waals surface area contributed by atoms with Crippen LogP contribution < -0.4 is 4.74 Å². The first-order valence-corrected chi connectivity index (χ1v) is 10.2. The summed E-state index contributed by atoms with van der Waals surface area (Å²) in [7, 11) is 0. The van der Waals surface area contributed by atoms with Gasteiger partial charge in [-0.25, -0.2) is 4.98 Å². The molecule has 3 heterocycles. The highest BCUT2D eigenvalue weighted by Crippen LogP contribution is 2.36. The van der Waals surface area contributed by atoms with Crippen LogP contribution in [-0.4, -0.2) is 62.3 Å². The molecule has 2 aromatic rings. The van der Waals surface area contributed by atoms with E-state index in [1.54, 1.807) is 11.0 Å². The van der Waals surface area contributed by atoms with Crippen LogP contribution in [0.5, 0.6) is 5.75 Å². The summed E-state index contributed by atoms with van der Waals surface area (Å²) in [4.78, 5) is 21.5. The third-order valence-electron chi connectivity index (χ3n) is 5.97. The average Bonchev–Trinajstić information content (AvgIpc) is 3.16. The van der Waals surface area contributed by atoms with Crippen molar-refractivity contribution in [3.63, 3.8) is 0 Å². The molecule has 0 bridgehead atoms. The average molecular weight is 383 g/mol. The monoisotopic (exact) mass is 383 g/mol. The van der Waals surface area contributed by atoms with Gasteiger partial charge in [0.05, 0.1) is 13.1 Å². The van der Waals surface area contributed by atoms with Gasteiger partial charge in [0.1, 0.15) is 24.0 Å². The summed E-state index contributed by atoms with van der Waals surface area (Å²) in [5, 5.41) is 4.11. The number of carbonyl (C=O) groups is 1. The maximum absolute atomic E-state index is 13.1. The molecule has 0 saturated carbocycles. The fourth-order valence-electron chi connectivity index (χ4n) is 4.24. The van der Waals surface area contributed by atoms with Crippen molar-refractivity contribution >= 4 is 5.91 Å². The largest absolute Gasteiger partial charge is 0.485 e. The fourth-order valence-corrected chi connectivity index (χ4v) is 4.24. The zero-order valence-electron chi connectivity index (χ0n) is 16.8. The Balaban J connectivity index is 1.56. The molecule has 28 heavy (non-hydrogen) atoms. The maximum atomic E-state index is 13.1. The van der Waals surface area contributed by atoms with Crippen LogP contribution in [-0.2, 0) is 17.9 Å². The number of hydrogen-bond donors (Lipinski definition) is 0. The highest BCUT2D eigenvalue weighted by Gasteiger charge is 2.41. The van der Waals surface area contributed by atoms with Gasteiger partial charge in [-0.05, 0) is 19.5 Å². The van der Waals surface area contributed by atoms with Crippen LogP contribution >= 0.6 is 0 Å². The van der Waals surface area contributed by atoms with Gasteiger partial charge < -0.3 is 14.5 Å². The van der Waals surface area contributed by atoms with E-state index in [0.717, 1.165) is 43.8 Å². The summed E-state index contributed by atoms with van der Waals surface area (Å²) in [6.07, 6.45) is 5.46. The summed E-state index contributed by atoms with van der Waals surface area (Å²) in [5.41, 5.74) is 1.99. The van der Waals surface area contributed by atoms with Gasteiger partial charge in [-0.2, -0.15) is 5.10 Å². The van der Waals surface area contributed by atoms with Crippen LogP contribution in [0.15, 0.2) is 30.9 Å². The number of ether oxygens (including phenoxy) is 1. The van der Waals surface area contributed by atoms with Crippen LogP contribution in [0.4, 0.5) is 0 Å². The smallest absolute Gasteiger partial charge is 0.224 e. The minimum absolute atomic E-state index is 0.144. The number of aromatic nitrogens is 3. The Labute approximate surface area is 166 Å². The predicted octanol–water partition coefficient (Wildman–Crippen LogP) is 2.25. The Morgan fingerprint density at radius 2 is 2.11 bits per heavy atom. The van der Waals surface area contributed by atoms with Crippen molar-refractivity contribution in [1.82, 2.24) is 24.6 Å². The van der Waals surface area contributed by atoms with E-state index in [2.05, 4.69) is 47.0 Å². The van der Waals surface area contributed by atoms with Crippen molar-refractivity contribution in [3.8, 4) is 5.75 Å². The Morgan fingerprint density at radius 1 is 1.29 bits per heavy atom. The zero-order valence-corrected chi connectivity index (χ0v) is 16.8. The number of nitrogens with zero attached hydrogens (tertiary/aromatic N) is 5. The van der Waals surface area contributed by atoms with E-state index in [0.29, 0.717) is 26.1 Å². The zero-order chi connectivity index (χ0) is 19.6. The molecule has 150 valence electrons.